The summed E-state index contributed by atoms with van der Waals surface area (Å²) < 4.78 is 24.5. The van der Waals surface area contributed by atoms with Crippen molar-refractivity contribution in [2.24, 2.45) is 11.8 Å². The van der Waals surface area contributed by atoms with Crippen LogP contribution < -0.4 is 16.0 Å². The average Bonchev–Trinajstić information content (AvgIpc) is 3.80. The molecule has 0 spiro atoms. The molecule has 3 amide bonds. The van der Waals surface area contributed by atoms with Crippen molar-refractivity contribution in [3.05, 3.63) is 72.1 Å². The number of likely N-dealkylation sites (tertiary alicyclic amines) is 1. The number of piperidine rings is 1. The third kappa shape index (κ3) is 9.07. The minimum Gasteiger partial charge on any atom is -0.389 e. The number of fused-ring (bicyclic) bond motifs is 1. The van der Waals surface area contributed by atoms with Crippen molar-refractivity contribution in [3.8, 4) is 0 Å². The molecule has 1 aromatic heterocycles. The second-order valence-corrected chi connectivity index (χ2v) is 19.0. The number of nitrogens with one attached hydrogen (secondary N) is 3. The van der Waals surface area contributed by atoms with Gasteiger partial charge >= 0.3 is 0 Å². The fraction of sp³-hybridized carbons (Fsp3) is 0.590. The lowest BCUT2D eigenvalue weighted by molar-refractivity contribution is -0.134. The molecule has 2 aromatic rings. The second kappa shape index (κ2) is 15.2. The van der Waals surface area contributed by atoms with E-state index in [1.165, 1.54) is 26.0 Å². The van der Waals surface area contributed by atoms with Crippen molar-refractivity contribution in [2.45, 2.75) is 113 Å². The van der Waals surface area contributed by atoms with Gasteiger partial charge in [0.1, 0.15) is 6.04 Å². The molecule has 7 atom stereocenters. The van der Waals surface area contributed by atoms with Gasteiger partial charge in [0.05, 0.1) is 28.1 Å². The maximum Gasteiger partial charge on any atom is 0.244 e. The van der Waals surface area contributed by atoms with E-state index in [2.05, 4.69) is 25.8 Å². The van der Waals surface area contributed by atoms with E-state index in [1.807, 2.05) is 51.1 Å². The Balaban J connectivity index is 1.44. The predicted molar refractivity (Wildman–Crippen MR) is 198 cm³/mol. The van der Waals surface area contributed by atoms with E-state index in [0.717, 1.165) is 37.5 Å². The summed E-state index contributed by atoms with van der Waals surface area (Å²) >= 11 is 0. The minimum atomic E-state index is -3.87. The maximum absolute atomic E-state index is 14.4. The highest BCUT2D eigenvalue weighted by atomic mass is 32.2. The fourth-order valence-electron chi connectivity index (χ4n) is 7.88. The zero-order chi connectivity index (χ0) is 37.2. The number of nitrogens with zero attached hydrogens (tertiary/aromatic N) is 2. The Labute approximate surface area is 303 Å². The predicted octanol–water partition coefficient (Wildman–Crippen LogP) is 3.60. The van der Waals surface area contributed by atoms with Crippen LogP contribution in [0.15, 0.2) is 60.8 Å². The molecule has 3 aliphatic rings. The van der Waals surface area contributed by atoms with E-state index >= 15 is 0 Å². The van der Waals surface area contributed by atoms with Gasteiger partial charge in [-0.2, -0.15) is 0 Å². The van der Waals surface area contributed by atoms with E-state index in [4.69, 9.17) is 0 Å². The van der Waals surface area contributed by atoms with Crippen LogP contribution in [0.5, 0.6) is 0 Å². The Kier molecular flexibility index (Phi) is 11.5. The van der Waals surface area contributed by atoms with Gasteiger partial charge in [-0.1, -0.05) is 55.7 Å². The number of aromatic nitrogens is 1. The van der Waals surface area contributed by atoms with Crippen LogP contribution in [0.2, 0.25) is 0 Å². The van der Waals surface area contributed by atoms with Gasteiger partial charge in [-0.05, 0) is 89.5 Å². The molecule has 3 unspecified atom stereocenters. The second-order valence-electron chi connectivity index (χ2n) is 16.4. The highest BCUT2D eigenvalue weighted by Gasteiger charge is 2.62. The maximum atomic E-state index is 14.4. The Hall–Kier alpha value is -3.61. The topological polar surface area (TPSA) is 158 Å². The molecular weight excluding hydrogens is 667 g/mol. The number of sulfone groups is 1. The summed E-state index contributed by atoms with van der Waals surface area (Å²) in [5.74, 6) is -0.837. The van der Waals surface area contributed by atoms with Gasteiger partial charge < -0.3 is 21.1 Å². The van der Waals surface area contributed by atoms with Crippen LogP contribution in [0, 0.1) is 11.8 Å². The normalized spacial score (nSPS) is 26.8. The molecule has 3 fully saturated rings. The first kappa shape index (κ1) is 38.6. The number of pyridine rings is 1. The highest BCUT2D eigenvalue weighted by molar-refractivity contribution is 7.92. The van der Waals surface area contributed by atoms with Crippen molar-refractivity contribution in [3.63, 3.8) is 0 Å². The Morgan fingerprint density at radius 2 is 1.69 bits per heavy atom. The Morgan fingerprint density at radius 1 is 1.02 bits per heavy atom. The number of aliphatic hydroxyl groups excluding tert-OH is 1. The highest BCUT2D eigenvalue weighted by Crippen LogP contribution is 2.54. The first-order valence-electron chi connectivity index (χ1n) is 18.1. The number of hydrogen-bond donors (Lipinski definition) is 4. The molecule has 2 heterocycles. The van der Waals surface area contributed by atoms with Crippen LogP contribution in [-0.4, -0.2) is 94.5 Å². The lowest BCUT2D eigenvalue weighted by atomic mass is 9.72. The number of β-amino-alcohol motifs (C(OH)–C–C–N with tert-alkyl or cyclic N) is 1. The smallest absolute Gasteiger partial charge is 0.244 e. The molecular formula is C39H55N5O6S. The zero-order valence-electron chi connectivity index (χ0n) is 30.8. The summed E-state index contributed by atoms with van der Waals surface area (Å²) in [5.41, 5.74) is -0.138. The van der Waals surface area contributed by atoms with Crippen LogP contribution in [0.1, 0.15) is 90.3 Å². The number of rotatable bonds is 12. The van der Waals surface area contributed by atoms with Crippen LogP contribution in [0.3, 0.4) is 0 Å². The minimum absolute atomic E-state index is 0.0661. The first-order valence-corrected chi connectivity index (χ1v) is 20.0. The summed E-state index contributed by atoms with van der Waals surface area (Å²) in [5, 5.41) is 21.1. The third-order valence-corrected chi connectivity index (χ3v) is 13.3. The van der Waals surface area contributed by atoms with Gasteiger partial charge in [0.2, 0.25) is 17.7 Å². The van der Waals surface area contributed by atoms with Crippen LogP contribution in [0.4, 0.5) is 0 Å². The van der Waals surface area contributed by atoms with E-state index < -0.39 is 55.7 Å². The first-order chi connectivity index (χ1) is 23.9. The molecule has 1 aromatic carbocycles. The van der Waals surface area contributed by atoms with Gasteiger partial charge in [-0.15, -0.1) is 0 Å². The number of benzene rings is 1. The van der Waals surface area contributed by atoms with Gasteiger partial charge in [-0.25, -0.2) is 8.42 Å². The quantitative estimate of drug-likeness (QED) is 0.242. The van der Waals surface area contributed by atoms with Crippen LogP contribution >= 0.6 is 0 Å². The number of hydrogen-bond acceptors (Lipinski definition) is 8. The molecule has 2 aliphatic carbocycles. The summed E-state index contributed by atoms with van der Waals surface area (Å²) in [6.45, 7) is 9.51. The summed E-state index contributed by atoms with van der Waals surface area (Å²) in [4.78, 5) is 47.6. The Morgan fingerprint density at radius 3 is 2.31 bits per heavy atom. The summed E-state index contributed by atoms with van der Waals surface area (Å²) in [6.07, 6.45) is 9.82. The van der Waals surface area contributed by atoms with Crippen molar-refractivity contribution in [2.75, 3.05) is 19.3 Å². The van der Waals surface area contributed by atoms with Crippen molar-refractivity contribution >= 4 is 33.6 Å². The lowest BCUT2D eigenvalue weighted by Crippen LogP contribution is -2.64. The summed E-state index contributed by atoms with van der Waals surface area (Å²) in [7, 11) is -3.87. The van der Waals surface area contributed by atoms with Gasteiger partial charge in [0, 0.05) is 43.1 Å². The molecule has 11 nitrogen and oxygen atoms in total. The fourth-order valence-corrected chi connectivity index (χ4v) is 8.47. The van der Waals surface area contributed by atoms with E-state index in [9.17, 15) is 27.9 Å². The molecule has 51 heavy (non-hydrogen) atoms. The monoisotopic (exact) mass is 721 g/mol. The SMILES string of the molecule is CC(C)(C)NC(=O)[C@@H]1CC2CCCCC2CN1C[C@@H](O)C1(NC(=O)[C@@H](NC(=O)/C=C/c2ccccn2)C(C)(C)S(C)(=O)=O)C[C@@H]1c1ccccc1. The third-order valence-electron chi connectivity index (χ3n) is 11.2. The van der Waals surface area contributed by atoms with Crippen LogP contribution in [-0.2, 0) is 24.2 Å². The largest absolute Gasteiger partial charge is 0.389 e. The van der Waals surface area contributed by atoms with Gasteiger partial charge in [0.25, 0.3) is 0 Å². The van der Waals surface area contributed by atoms with E-state index in [-0.39, 0.29) is 18.4 Å². The molecule has 5 rings (SSSR count). The molecule has 0 radical (unpaired) electrons. The number of carbonyl (C=O) groups excluding carboxylic acids is 3. The molecule has 2 saturated carbocycles. The number of carbonyl (C=O) groups is 3. The molecule has 0 bridgehead atoms. The molecule has 1 aliphatic heterocycles. The summed E-state index contributed by atoms with van der Waals surface area (Å²) in [6, 6.07) is 12.9. The molecule has 278 valence electrons. The van der Waals surface area contributed by atoms with E-state index in [1.54, 1.807) is 24.4 Å². The van der Waals surface area contributed by atoms with Crippen LogP contribution in [0.25, 0.3) is 6.08 Å². The number of amides is 3. The van der Waals surface area contributed by atoms with Crippen molar-refractivity contribution in [1.29, 1.82) is 0 Å². The Bertz CT molecular complexity index is 1690. The van der Waals surface area contributed by atoms with Gasteiger partial charge in [-0.3, -0.25) is 24.3 Å². The van der Waals surface area contributed by atoms with Crippen molar-refractivity contribution < 1.29 is 27.9 Å². The van der Waals surface area contributed by atoms with Crippen molar-refractivity contribution in [1.82, 2.24) is 25.8 Å². The standard InChI is InChI=1S/C39H55N5O6S/c1-37(2,3)42-35(47)31-22-27-16-10-11-17-28(27)24-44(31)25-32(45)39(23-30(39)26-14-8-7-9-15-26)43-36(48)34(38(4,5)51(6,49)50)41-33(46)20-19-29-18-12-13-21-40-29/h7-9,12-15,18-21,27-28,30-32,34,45H,10-11,16-17,22-25H2,1-6H3,(H,41,46)(H,42,47)(H,43,48)/b20-19+/t27?,28?,30-,31+,32-,34-,39?/m1/s1. The van der Waals surface area contributed by atoms with Gasteiger partial charge in [0.15, 0.2) is 9.84 Å². The lowest BCUT2D eigenvalue weighted by Gasteiger charge is -2.47. The molecule has 12 heteroatoms. The average molecular weight is 722 g/mol. The molecule has 1 saturated heterocycles. The zero-order valence-corrected chi connectivity index (χ0v) is 31.6. The van der Waals surface area contributed by atoms with E-state index in [0.29, 0.717) is 36.9 Å². The number of aliphatic hydroxyl groups is 1. The molecule has 4 N–H and O–H groups in total.